The van der Waals surface area contributed by atoms with Gasteiger partial charge in [-0.3, -0.25) is 9.52 Å². The topological polar surface area (TPSA) is 122 Å². The van der Waals surface area contributed by atoms with E-state index in [9.17, 15) is 23.1 Å². The number of phenols is 1. The number of sulfonamides is 1. The van der Waals surface area contributed by atoms with Crippen molar-refractivity contribution < 1.29 is 27.9 Å². The first-order chi connectivity index (χ1) is 14.3. The number of aromatic hydroxyl groups is 1. The summed E-state index contributed by atoms with van der Waals surface area (Å²) in [6.07, 6.45) is 5.74. The van der Waals surface area contributed by atoms with Crippen LogP contribution in [-0.4, -0.2) is 38.6 Å². The van der Waals surface area contributed by atoms with E-state index in [1.54, 1.807) is 11.4 Å². The van der Waals surface area contributed by atoms with Crippen LogP contribution in [0.1, 0.15) is 42.5 Å². The first-order valence-electron chi connectivity index (χ1n) is 9.68. The molecule has 162 valence electrons. The Bertz CT molecular complexity index is 983. The van der Waals surface area contributed by atoms with E-state index in [2.05, 4.69) is 10.0 Å². The van der Waals surface area contributed by atoms with Crippen LogP contribution in [0.25, 0.3) is 0 Å². The highest BCUT2D eigenvalue weighted by Gasteiger charge is 2.20. The first-order valence-corrected chi connectivity index (χ1v) is 12.0. The monoisotopic (exact) mass is 452 g/mol. The second-order valence-corrected chi connectivity index (χ2v) is 10.0. The number of nitrogens with one attached hydrogen (secondary N) is 2. The fourth-order valence-electron chi connectivity index (χ4n) is 3.29. The van der Waals surface area contributed by atoms with Gasteiger partial charge in [0.1, 0.15) is 15.5 Å². The van der Waals surface area contributed by atoms with Crippen LogP contribution in [0.5, 0.6) is 5.75 Å². The fraction of sp³-hybridized carbons (Fsp3) is 0.400. The van der Waals surface area contributed by atoms with E-state index < -0.39 is 28.5 Å². The van der Waals surface area contributed by atoms with E-state index in [-0.39, 0.29) is 21.2 Å². The number of hydrogen-bond donors (Lipinski definition) is 3. The number of esters is 1. The predicted molar refractivity (Wildman–Crippen MR) is 113 cm³/mol. The van der Waals surface area contributed by atoms with Crippen LogP contribution < -0.4 is 10.0 Å². The highest BCUT2D eigenvalue weighted by molar-refractivity contribution is 7.94. The van der Waals surface area contributed by atoms with Gasteiger partial charge in [0.15, 0.2) is 6.61 Å². The lowest BCUT2D eigenvalue weighted by molar-refractivity contribution is -0.124. The summed E-state index contributed by atoms with van der Waals surface area (Å²) in [6, 6.07) is 6.75. The number of thiophene rings is 1. The smallest absolute Gasteiger partial charge is 0.342 e. The van der Waals surface area contributed by atoms with E-state index in [1.807, 2.05) is 0 Å². The Morgan fingerprint density at radius 3 is 2.63 bits per heavy atom. The average molecular weight is 453 g/mol. The number of rotatable bonds is 8. The number of carbonyl (C=O) groups is 2. The number of hydrogen-bond acceptors (Lipinski definition) is 7. The van der Waals surface area contributed by atoms with Gasteiger partial charge >= 0.3 is 5.97 Å². The summed E-state index contributed by atoms with van der Waals surface area (Å²) < 4.78 is 32.1. The van der Waals surface area contributed by atoms with Crippen molar-refractivity contribution in [2.45, 2.75) is 36.3 Å². The van der Waals surface area contributed by atoms with Gasteiger partial charge in [0.05, 0.1) is 0 Å². The lowest BCUT2D eigenvalue weighted by Gasteiger charge is -2.21. The third-order valence-corrected chi connectivity index (χ3v) is 7.65. The normalized spacial score (nSPS) is 14.8. The number of ether oxygens (including phenoxy) is 1. The van der Waals surface area contributed by atoms with Gasteiger partial charge in [0.25, 0.3) is 15.9 Å². The van der Waals surface area contributed by atoms with Gasteiger partial charge in [-0.25, -0.2) is 13.2 Å². The molecule has 0 aliphatic heterocycles. The zero-order valence-corrected chi connectivity index (χ0v) is 17.9. The molecule has 0 radical (unpaired) electrons. The molecule has 1 amide bonds. The second kappa shape index (κ2) is 9.94. The van der Waals surface area contributed by atoms with Crippen LogP contribution in [0.15, 0.2) is 39.9 Å². The molecule has 1 aromatic heterocycles. The molecule has 0 saturated heterocycles. The largest absolute Gasteiger partial charge is 0.507 e. The zero-order valence-electron chi connectivity index (χ0n) is 16.3. The Morgan fingerprint density at radius 2 is 1.93 bits per heavy atom. The van der Waals surface area contributed by atoms with Gasteiger partial charge in [-0.1, -0.05) is 25.3 Å². The molecule has 1 aromatic carbocycles. The van der Waals surface area contributed by atoms with E-state index in [0.717, 1.165) is 24.2 Å². The Kier molecular flexibility index (Phi) is 7.33. The Hall–Kier alpha value is -2.59. The summed E-state index contributed by atoms with van der Waals surface area (Å²) in [5, 5.41) is 14.3. The Balaban J connectivity index is 1.56. The lowest BCUT2D eigenvalue weighted by Crippen LogP contribution is -2.33. The molecule has 0 atom stereocenters. The minimum Gasteiger partial charge on any atom is -0.507 e. The molecule has 0 bridgehead atoms. The van der Waals surface area contributed by atoms with Crippen molar-refractivity contribution in [3.8, 4) is 5.75 Å². The molecule has 1 fully saturated rings. The quantitative estimate of drug-likeness (QED) is 0.418. The minimum absolute atomic E-state index is 0.0925. The number of phenolic OH excluding ortho intramolecular Hbond substituents is 1. The van der Waals surface area contributed by atoms with Gasteiger partial charge < -0.3 is 15.2 Å². The molecule has 3 N–H and O–H groups in total. The van der Waals surface area contributed by atoms with E-state index in [0.29, 0.717) is 12.5 Å². The third-order valence-electron chi connectivity index (χ3n) is 4.88. The van der Waals surface area contributed by atoms with Crippen LogP contribution >= 0.6 is 11.3 Å². The van der Waals surface area contributed by atoms with Crippen LogP contribution in [0.4, 0.5) is 5.69 Å². The maximum absolute atomic E-state index is 12.3. The standard InChI is InChI=1S/C20H24N2O6S2/c23-17-9-8-15(22-30(26,27)19-7-4-10-29-19)11-16(17)20(25)28-13-18(24)21-12-14-5-2-1-3-6-14/h4,7-11,14,22-23H,1-3,5-6,12-13H2,(H,21,24). The van der Waals surface area contributed by atoms with Crippen molar-refractivity contribution in [3.63, 3.8) is 0 Å². The molecular formula is C20H24N2O6S2. The van der Waals surface area contributed by atoms with Gasteiger partial charge in [-0.2, -0.15) is 0 Å². The predicted octanol–water partition coefficient (Wildman–Crippen LogP) is 3.11. The van der Waals surface area contributed by atoms with Crippen molar-refractivity contribution in [2.75, 3.05) is 17.9 Å². The van der Waals surface area contributed by atoms with Crippen molar-refractivity contribution in [1.82, 2.24) is 5.32 Å². The molecule has 1 aliphatic rings. The Morgan fingerprint density at radius 1 is 1.17 bits per heavy atom. The summed E-state index contributed by atoms with van der Waals surface area (Å²) in [5.74, 6) is -1.25. The minimum atomic E-state index is -3.80. The van der Waals surface area contributed by atoms with Gasteiger partial charge in [-0.05, 0) is 48.4 Å². The number of amides is 1. The van der Waals surface area contributed by atoms with E-state index >= 15 is 0 Å². The molecule has 8 nitrogen and oxygen atoms in total. The first kappa shape index (κ1) is 22.1. The third kappa shape index (κ3) is 5.96. The molecule has 1 heterocycles. The summed E-state index contributed by atoms with van der Waals surface area (Å²) in [7, 11) is -3.80. The number of benzene rings is 1. The summed E-state index contributed by atoms with van der Waals surface area (Å²) in [6.45, 7) is 0.0811. The summed E-state index contributed by atoms with van der Waals surface area (Å²) >= 11 is 1.05. The average Bonchev–Trinajstić information content (AvgIpc) is 3.28. The summed E-state index contributed by atoms with van der Waals surface area (Å²) in [5.41, 5.74) is -0.142. The lowest BCUT2D eigenvalue weighted by atomic mass is 9.89. The van der Waals surface area contributed by atoms with Crippen molar-refractivity contribution in [1.29, 1.82) is 0 Å². The summed E-state index contributed by atoms with van der Waals surface area (Å²) in [4.78, 5) is 24.2. The van der Waals surface area contributed by atoms with Gasteiger partial charge in [0.2, 0.25) is 0 Å². The zero-order chi connectivity index (χ0) is 21.6. The second-order valence-electron chi connectivity index (χ2n) is 7.15. The van der Waals surface area contributed by atoms with Gasteiger partial charge in [0, 0.05) is 12.2 Å². The molecule has 30 heavy (non-hydrogen) atoms. The molecular weight excluding hydrogens is 428 g/mol. The fourth-order valence-corrected chi connectivity index (χ4v) is 5.34. The van der Waals surface area contributed by atoms with Crippen molar-refractivity contribution in [3.05, 3.63) is 41.3 Å². The van der Waals surface area contributed by atoms with E-state index in [4.69, 9.17) is 4.74 Å². The van der Waals surface area contributed by atoms with Crippen LogP contribution in [-0.2, 0) is 19.6 Å². The molecule has 1 saturated carbocycles. The molecule has 3 rings (SSSR count). The molecule has 10 heteroatoms. The SMILES string of the molecule is O=C(COC(=O)c1cc(NS(=O)(=O)c2cccs2)ccc1O)NCC1CCCCC1. The highest BCUT2D eigenvalue weighted by atomic mass is 32.2. The molecule has 0 unspecified atom stereocenters. The maximum atomic E-state index is 12.3. The maximum Gasteiger partial charge on any atom is 0.342 e. The van der Waals surface area contributed by atoms with Crippen LogP contribution in [0, 0.1) is 5.92 Å². The van der Waals surface area contributed by atoms with Crippen LogP contribution in [0.2, 0.25) is 0 Å². The molecule has 1 aliphatic carbocycles. The van der Waals surface area contributed by atoms with Crippen molar-refractivity contribution in [2.24, 2.45) is 5.92 Å². The molecule has 0 spiro atoms. The van der Waals surface area contributed by atoms with Crippen LogP contribution in [0.3, 0.4) is 0 Å². The number of carbonyl (C=O) groups excluding carboxylic acids is 2. The van der Waals surface area contributed by atoms with Gasteiger partial charge in [-0.15, -0.1) is 11.3 Å². The highest BCUT2D eigenvalue weighted by Crippen LogP contribution is 2.26. The van der Waals surface area contributed by atoms with E-state index in [1.165, 1.54) is 43.5 Å². The number of anilines is 1. The van der Waals surface area contributed by atoms with Crippen molar-refractivity contribution >= 4 is 38.9 Å². The molecule has 2 aromatic rings. The Labute approximate surface area is 179 Å².